The van der Waals surface area contributed by atoms with Crippen LogP contribution in [0.25, 0.3) is 6.08 Å². The van der Waals surface area contributed by atoms with E-state index in [2.05, 4.69) is 5.32 Å². The van der Waals surface area contributed by atoms with Gasteiger partial charge >= 0.3 is 11.7 Å². The first kappa shape index (κ1) is 27.0. The Morgan fingerprint density at radius 3 is 2.39 bits per heavy atom. The molecule has 0 radical (unpaired) electrons. The van der Waals surface area contributed by atoms with E-state index in [1.807, 2.05) is 62.4 Å². The Morgan fingerprint density at radius 1 is 1.03 bits per heavy atom. The lowest BCUT2D eigenvalue weighted by atomic mass is 10.1. The number of allylic oxidation sites excluding steroid dienone is 2. The molecule has 198 valence electrons. The van der Waals surface area contributed by atoms with Gasteiger partial charge in [0.1, 0.15) is 12.3 Å². The second-order valence-electron chi connectivity index (χ2n) is 9.07. The third-order valence-corrected chi connectivity index (χ3v) is 6.13. The second kappa shape index (κ2) is 12.0. The molecule has 38 heavy (non-hydrogen) atoms. The van der Waals surface area contributed by atoms with Crippen LogP contribution in [0.4, 0.5) is 5.69 Å². The normalized spacial score (nSPS) is 12.5. The molecule has 1 aliphatic rings. The lowest BCUT2D eigenvalue weighted by Gasteiger charge is -2.16. The predicted octanol–water partition coefficient (Wildman–Crippen LogP) is 4.63. The van der Waals surface area contributed by atoms with Gasteiger partial charge in [-0.3, -0.25) is 14.2 Å². The molecule has 0 bridgehead atoms. The molecule has 3 aromatic rings. The summed E-state index contributed by atoms with van der Waals surface area (Å²) in [5.74, 6) is 0.133. The standard InChI is InChI=1S/C29H30ClN3O5/c1-4-37-27(34)18-33-28(35)25-15-11-23(31-22-9-13-24(14-10-22)38-19(2)3)12-16-26(25)32(29(33)36)17-20-5-7-21(30)8-6-20/h5-14,16,19,31H,4,15,17-18H2,1-3H3. The van der Waals surface area contributed by atoms with E-state index in [0.29, 0.717) is 16.3 Å². The van der Waals surface area contributed by atoms with Crippen LogP contribution in [0.2, 0.25) is 5.02 Å². The number of nitrogens with zero attached hydrogens (tertiary/aromatic N) is 2. The van der Waals surface area contributed by atoms with Crippen LogP contribution in [0.5, 0.6) is 5.75 Å². The molecular formula is C29H30ClN3O5. The fourth-order valence-electron chi connectivity index (χ4n) is 4.15. The number of hydrogen-bond acceptors (Lipinski definition) is 6. The number of hydrogen-bond donors (Lipinski definition) is 1. The molecule has 2 aromatic carbocycles. The summed E-state index contributed by atoms with van der Waals surface area (Å²) in [6.45, 7) is 5.51. The Labute approximate surface area is 225 Å². The second-order valence-corrected chi connectivity index (χ2v) is 9.50. The maximum atomic E-state index is 13.5. The van der Waals surface area contributed by atoms with Crippen LogP contribution in [0.15, 0.2) is 76.0 Å². The molecular weight excluding hydrogens is 506 g/mol. The molecule has 0 atom stereocenters. The van der Waals surface area contributed by atoms with E-state index in [0.717, 1.165) is 27.3 Å². The smallest absolute Gasteiger partial charge is 0.332 e. The van der Waals surface area contributed by atoms with E-state index in [1.165, 1.54) is 4.57 Å². The molecule has 1 N–H and O–H groups in total. The molecule has 0 saturated carbocycles. The van der Waals surface area contributed by atoms with Gasteiger partial charge in [0.2, 0.25) is 0 Å². The highest BCUT2D eigenvalue weighted by molar-refractivity contribution is 6.30. The van der Waals surface area contributed by atoms with Gasteiger partial charge in [-0.25, -0.2) is 9.36 Å². The molecule has 1 heterocycles. The van der Waals surface area contributed by atoms with Crippen molar-refractivity contribution in [3.63, 3.8) is 0 Å². The number of benzene rings is 2. The number of aromatic nitrogens is 2. The van der Waals surface area contributed by atoms with E-state index in [9.17, 15) is 14.4 Å². The average molecular weight is 536 g/mol. The number of carbonyl (C=O) groups is 1. The third kappa shape index (κ3) is 6.44. The Kier molecular flexibility index (Phi) is 8.53. The first-order valence-corrected chi connectivity index (χ1v) is 12.8. The van der Waals surface area contributed by atoms with Crippen LogP contribution in [0.3, 0.4) is 0 Å². The van der Waals surface area contributed by atoms with Gasteiger partial charge in [0.05, 0.1) is 24.9 Å². The van der Waals surface area contributed by atoms with Crippen LogP contribution in [0.1, 0.15) is 37.6 Å². The zero-order valence-corrected chi connectivity index (χ0v) is 22.3. The maximum Gasteiger partial charge on any atom is 0.332 e. The fraction of sp³-hybridized carbons (Fsp3) is 0.276. The molecule has 0 spiro atoms. The van der Waals surface area contributed by atoms with E-state index >= 15 is 0 Å². The zero-order chi connectivity index (χ0) is 27.2. The van der Waals surface area contributed by atoms with Crippen molar-refractivity contribution in [2.24, 2.45) is 0 Å². The molecule has 0 saturated heterocycles. The van der Waals surface area contributed by atoms with Crippen LogP contribution in [-0.2, 0) is 29.0 Å². The van der Waals surface area contributed by atoms with Gasteiger partial charge in [-0.2, -0.15) is 0 Å². The summed E-state index contributed by atoms with van der Waals surface area (Å²) in [6.07, 6.45) is 5.82. The van der Waals surface area contributed by atoms with Gasteiger partial charge in [-0.1, -0.05) is 29.8 Å². The summed E-state index contributed by atoms with van der Waals surface area (Å²) in [5.41, 5.74) is 2.25. The summed E-state index contributed by atoms with van der Waals surface area (Å²) >= 11 is 6.03. The van der Waals surface area contributed by atoms with E-state index in [4.69, 9.17) is 21.1 Å². The van der Waals surface area contributed by atoms with Crippen molar-refractivity contribution in [1.29, 1.82) is 0 Å². The van der Waals surface area contributed by atoms with Gasteiger partial charge < -0.3 is 14.8 Å². The van der Waals surface area contributed by atoms with E-state index in [-0.39, 0.29) is 25.7 Å². The lowest BCUT2D eigenvalue weighted by molar-refractivity contribution is -0.143. The Balaban J connectivity index is 1.70. The van der Waals surface area contributed by atoms with E-state index < -0.39 is 23.8 Å². The molecule has 0 fully saturated rings. The Bertz CT molecular complexity index is 1480. The number of ether oxygens (including phenoxy) is 2. The highest BCUT2D eigenvalue weighted by Gasteiger charge is 2.21. The zero-order valence-electron chi connectivity index (χ0n) is 21.6. The first-order chi connectivity index (χ1) is 18.2. The predicted molar refractivity (Wildman–Crippen MR) is 149 cm³/mol. The molecule has 1 aromatic heterocycles. The summed E-state index contributed by atoms with van der Waals surface area (Å²) in [4.78, 5) is 39.1. The summed E-state index contributed by atoms with van der Waals surface area (Å²) in [7, 11) is 0. The SMILES string of the molecule is CCOC(=O)Cn1c(=O)c2c(n(Cc3ccc(Cl)cc3)c1=O)C=CC(Nc1ccc(OC(C)C)cc1)=CC2. The molecule has 1 aliphatic carbocycles. The monoisotopic (exact) mass is 535 g/mol. The van der Waals surface area contributed by atoms with Crippen LogP contribution in [0, 0.1) is 0 Å². The highest BCUT2D eigenvalue weighted by atomic mass is 35.5. The van der Waals surface area contributed by atoms with Gasteiger partial charge in [0, 0.05) is 28.4 Å². The molecule has 0 aliphatic heterocycles. The summed E-state index contributed by atoms with van der Waals surface area (Å²) in [6, 6.07) is 14.7. The minimum atomic E-state index is -0.642. The summed E-state index contributed by atoms with van der Waals surface area (Å²) < 4.78 is 13.2. The number of fused-ring (bicyclic) bond motifs is 1. The van der Waals surface area contributed by atoms with Gasteiger partial charge in [-0.15, -0.1) is 0 Å². The molecule has 9 heteroatoms. The van der Waals surface area contributed by atoms with Gasteiger partial charge in [0.15, 0.2) is 0 Å². The van der Waals surface area contributed by atoms with Crippen molar-refractivity contribution >= 4 is 29.3 Å². The van der Waals surface area contributed by atoms with E-state index in [1.54, 1.807) is 25.1 Å². The molecule has 0 unspecified atom stereocenters. The number of anilines is 1. The highest BCUT2D eigenvalue weighted by Crippen LogP contribution is 2.21. The van der Waals surface area contributed by atoms with Crippen LogP contribution in [-0.4, -0.2) is 27.8 Å². The quantitative estimate of drug-likeness (QED) is 0.402. The van der Waals surface area contributed by atoms with Crippen molar-refractivity contribution in [2.75, 3.05) is 11.9 Å². The lowest BCUT2D eigenvalue weighted by Crippen LogP contribution is -2.44. The van der Waals surface area contributed by atoms with Crippen molar-refractivity contribution in [1.82, 2.24) is 9.13 Å². The van der Waals surface area contributed by atoms with Crippen molar-refractivity contribution in [3.8, 4) is 5.75 Å². The number of esters is 1. The van der Waals surface area contributed by atoms with Gasteiger partial charge in [-0.05, 0) is 74.9 Å². The number of halogens is 1. The van der Waals surface area contributed by atoms with Crippen molar-refractivity contribution in [2.45, 2.75) is 46.4 Å². The maximum absolute atomic E-state index is 13.5. The molecule has 8 nitrogen and oxygen atoms in total. The fourth-order valence-corrected chi connectivity index (χ4v) is 4.28. The first-order valence-electron chi connectivity index (χ1n) is 12.4. The number of rotatable bonds is 9. The topological polar surface area (TPSA) is 91.6 Å². The third-order valence-electron chi connectivity index (χ3n) is 5.87. The summed E-state index contributed by atoms with van der Waals surface area (Å²) in [5, 5.41) is 3.92. The minimum absolute atomic E-state index is 0.0816. The van der Waals surface area contributed by atoms with Crippen LogP contribution >= 0.6 is 11.6 Å². The van der Waals surface area contributed by atoms with Gasteiger partial charge in [0.25, 0.3) is 5.56 Å². The largest absolute Gasteiger partial charge is 0.491 e. The van der Waals surface area contributed by atoms with Crippen molar-refractivity contribution in [3.05, 3.63) is 109 Å². The molecule has 4 rings (SSSR count). The Hall–Kier alpha value is -4.04. The average Bonchev–Trinajstić information content (AvgIpc) is 3.09. The minimum Gasteiger partial charge on any atom is -0.491 e. The molecule has 0 amide bonds. The number of nitrogens with one attached hydrogen (secondary N) is 1. The number of carbonyl (C=O) groups excluding carboxylic acids is 1. The van der Waals surface area contributed by atoms with Crippen molar-refractivity contribution < 1.29 is 14.3 Å². The van der Waals surface area contributed by atoms with Crippen LogP contribution < -0.4 is 21.3 Å². The Morgan fingerprint density at radius 2 is 1.74 bits per heavy atom.